The van der Waals surface area contributed by atoms with Crippen molar-refractivity contribution in [2.45, 2.75) is 0 Å². The molecule has 10 rings (SSSR count). The van der Waals surface area contributed by atoms with E-state index >= 15 is 0 Å². The summed E-state index contributed by atoms with van der Waals surface area (Å²) in [4.78, 5) is 20.4. The molecule has 6 nitrogen and oxygen atoms in total. The van der Waals surface area contributed by atoms with Crippen LogP contribution in [0.2, 0.25) is 0 Å². The summed E-state index contributed by atoms with van der Waals surface area (Å²) in [6, 6.07) is 52.9. The van der Waals surface area contributed by atoms with Gasteiger partial charge >= 0.3 is 0 Å². The number of nitrogens with zero attached hydrogens (tertiary/aromatic N) is 4. The highest BCUT2D eigenvalue weighted by Gasteiger charge is 2.21. The van der Waals surface area contributed by atoms with Crippen molar-refractivity contribution in [2.24, 2.45) is 0 Å². The van der Waals surface area contributed by atoms with Crippen LogP contribution < -0.4 is 0 Å². The lowest BCUT2D eigenvalue weighted by Crippen LogP contribution is -2.01. The molecule has 0 amide bonds. The Morgan fingerprint density at radius 3 is 1.76 bits per heavy atom. The summed E-state index contributed by atoms with van der Waals surface area (Å²) in [6.07, 6.45) is 0. The molecule has 3 heterocycles. The molecule has 0 fully saturated rings. The Labute approximate surface area is 286 Å². The summed E-state index contributed by atoms with van der Waals surface area (Å²) >= 11 is 0. The average Bonchev–Trinajstić information content (AvgIpc) is 3.80. The van der Waals surface area contributed by atoms with Crippen molar-refractivity contribution < 1.29 is 8.83 Å². The van der Waals surface area contributed by atoms with Crippen LogP contribution in [-0.2, 0) is 0 Å². The predicted molar refractivity (Wildman–Crippen MR) is 199 cm³/mol. The lowest BCUT2D eigenvalue weighted by atomic mass is 9.94. The number of oxazole rings is 1. The summed E-state index contributed by atoms with van der Waals surface area (Å²) < 4.78 is 12.7. The maximum atomic E-state index is 6.60. The number of rotatable bonds is 5. The molecule has 0 bridgehead atoms. The van der Waals surface area contributed by atoms with E-state index in [1.807, 2.05) is 103 Å². The molecule has 0 atom stereocenters. The van der Waals surface area contributed by atoms with Gasteiger partial charge in [0.2, 0.25) is 5.89 Å². The van der Waals surface area contributed by atoms with Crippen molar-refractivity contribution in [1.82, 2.24) is 19.9 Å². The Kier molecular flexibility index (Phi) is 6.39. The zero-order chi connectivity index (χ0) is 33.0. The second-order valence-corrected chi connectivity index (χ2v) is 12.2. The van der Waals surface area contributed by atoms with Crippen LogP contribution in [0.15, 0.2) is 167 Å². The SMILES string of the molecule is c1ccc(-c2nc(-c3ccc4oc5ccccc5c4c3)nc(-c3cc4nc(-c5ccccc5)oc4c4c(-c5ccccc5)cccc34)n2)cc1. The third kappa shape index (κ3) is 4.65. The van der Waals surface area contributed by atoms with Crippen molar-refractivity contribution in [2.75, 3.05) is 0 Å². The topological polar surface area (TPSA) is 77.8 Å². The zero-order valence-electron chi connectivity index (χ0n) is 26.6. The van der Waals surface area contributed by atoms with Crippen LogP contribution in [0.5, 0.6) is 0 Å². The molecule has 6 heteroatoms. The molecule has 0 aliphatic rings. The van der Waals surface area contributed by atoms with Gasteiger partial charge in [-0.1, -0.05) is 115 Å². The summed E-state index contributed by atoms with van der Waals surface area (Å²) in [5.74, 6) is 2.26. The molecule has 0 saturated heterocycles. The van der Waals surface area contributed by atoms with Gasteiger partial charge in [0.05, 0.1) is 0 Å². The van der Waals surface area contributed by atoms with Gasteiger partial charge in [0.1, 0.15) is 16.7 Å². The number of fused-ring (bicyclic) bond motifs is 6. The molecule has 0 saturated carbocycles. The van der Waals surface area contributed by atoms with Gasteiger partial charge in [-0.15, -0.1) is 0 Å². The molecular formula is C44H26N4O2. The van der Waals surface area contributed by atoms with E-state index in [1.165, 1.54) is 0 Å². The van der Waals surface area contributed by atoms with Crippen LogP contribution in [0.3, 0.4) is 0 Å². The summed E-state index contributed by atoms with van der Waals surface area (Å²) in [7, 11) is 0. The zero-order valence-corrected chi connectivity index (χ0v) is 26.6. The second-order valence-electron chi connectivity index (χ2n) is 12.2. The van der Waals surface area contributed by atoms with Crippen molar-refractivity contribution in [3.63, 3.8) is 0 Å². The van der Waals surface area contributed by atoms with Gasteiger partial charge in [0.25, 0.3) is 0 Å². The van der Waals surface area contributed by atoms with E-state index in [9.17, 15) is 0 Å². The van der Waals surface area contributed by atoms with Gasteiger partial charge in [-0.2, -0.15) is 0 Å². The van der Waals surface area contributed by atoms with Gasteiger partial charge in [0, 0.05) is 38.4 Å². The molecule has 10 aromatic rings. The number of aromatic nitrogens is 4. The molecule has 234 valence electrons. The highest BCUT2D eigenvalue weighted by molar-refractivity contribution is 6.16. The molecule has 0 unspecified atom stereocenters. The van der Waals surface area contributed by atoms with Crippen LogP contribution in [0, 0.1) is 0 Å². The Balaban J connectivity index is 1.26. The lowest BCUT2D eigenvalue weighted by molar-refractivity contribution is 0.623. The summed E-state index contributed by atoms with van der Waals surface area (Å²) in [6.45, 7) is 0. The van der Waals surface area contributed by atoms with Crippen molar-refractivity contribution >= 4 is 43.8 Å². The fourth-order valence-electron chi connectivity index (χ4n) is 6.80. The molecule has 0 aliphatic heterocycles. The van der Waals surface area contributed by atoms with Crippen LogP contribution in [0.4, 0.5) is 0 Å². The van der Waals surface area contributed by atoms with E-state index in [4.69, 9.17) is 28.8 Å². The van der Waals surface area contributed by atoms with Crippen molar-refractivity contribution in [1.29, 1.82) is 0 Å². The van der Waals surface area contributed by atoms with Gasteiger partial charge in [-0.3, -0.25) is 0 Å². The van der Waals surface area contributed by atoms with Gasteiger partial charge in [-0.05, 0) is 59.0 Å². The van der Waals surface area contributed by atoms with Gasteiger partial charge < -0.3 is 8.83 Å². The lowest BCUT2D eigenvalue weighted by Gasteiger charge is -2.13. The smallest absolute Gasteiger partial charge is 0.227 e. The Morgan fingerprint density at radius 2 is 0.980 bits per heavy atom. The minimum Gasteiger partial charge on any atom is -0.456 e. The normalized spacial score (nSPS) is 11.6. The molecule has 0 N–H and O–H groups in total. The molecule has 0 aliphatic carbocycles. The van der Waals surface area contributed by atoms with E-state index in [1.54, 1.807) is 0 Å². The molecule has 0 spiro atoms. The van der Waals surface area contributed by atoms with Gasteiger partial charge in [-0.25, -0.2) is 19.9 Å². The number of benzene rings is 7. The number of hydrogen-bond acceptors (Lipinski definition) is 6. The predicted octanol–water partition coefficient (Wildman–Crippen LogP) is 11.4. The van der Waals surface area contributed by atoms with Crippen LogP contribution in [-0.4, -0.2) is 19.9 Å². The minimum atomic E-state index is 0.548. The Morgan fingerprint density at radius 1 is 0.360 bits per heavy atom. The second kappa shape index (κ2) is 11.4. The molecule has 0 radical (unpaired) electrons. The summed E-state index contributed by atoms with van der Waals surface area (Å²) in [5.41, 5.74) is 8.75. The van der Waals surface area contributed by atoms with Crippen LogP contribution in [0.25, 0.3) is 101 Å². The first-order valence-corrected chi connectivity index (χ1v) is 16.5. The highest BCUT2D eigenvalue weighted by atomic mass is 16.3. The molecule has 50 heavy (non-hydrogen) atoms. The molecular weight excluding hydrogens is 617 g/mol. The maximum absolute atomic E-state index is 6.60. The first-order chi connectivity index (χ1) is 24.8. The first-order valence-electron chi connectivity index (χ1n) is 16.5. The largest absolute Gasteiger partial charge is 0.456 e. The fourth-order valence-corrected chi connectivity index (χ4v) is 6.80. The van der Waals surface area contributed by atoms with Crippen LogP contribution >= 0.6 is 0 Å². The van der Waals surface area contributed by atoms with E-state index in [0.29, 0.717) is 23.4 Å². The van der Waals surface area contributed by atoms with E-state index < -0.39 is 0 Å². The van der Waals surface area contributed by atoms with E-state index in [-0.39, 0.29) is 0 Å². The first kappa shape index (κ1) is 28.1. The Hall–Kier alpha value is -6.92. The third-order valence-electron chi connectivity index (χ3n) is 9.16. The van der Waals surface area contributed by atoms with E-state index in [2.05, 4.69) is 54.6 Å². The summed E-state index contributed by atoms with van der Waals surface area (Å²) in [5, 5.41) is 3.97. The number of hydrogen-bond donors (Lipinski definition) is 0. The maximum Gasteiger partial charge on any atom is 0.227 e. The quantitative estimate of drug-likeness (QED) is 0.186. The molecule has 3 aromatic heterocycles. The number of furan rings is 1. The molecule has 7 aromatic carbocycles. The van der Waals surface area contributed by atoms with Crippen molar-refractivity contribution in [3.05, 3.63) is 158 Å². The monoisotopic (exact) mass is 642 g/mol. The highest BCUT2D eigenvalue weighted by Crippen LogP contribution is 2.41. The fraction of sp³-hybridized carbons (Fsp3) is 0. The standard InChI is InChI=1S/C44H26N4O2/c1-4-13-27(14-5-1)31-20-12-21-33-35(26-36-40(39(31)33)50-44(45-36)29-17-8-3-9-18-29)43-47-41(28-15-6-2-7-16-28)46-42(48-43)30-23-24-38-34(25-30)32-19-10-11-22-37(32)49-38/h1-26H. The van der Waals surface area contributed by atoms with E-state index in [0.717, 1.165) is 77.2 Å². The van der Waals surface area contributed by atoms with Crippen LogP contribution in [0.1, 0.15) is 0 Å². The third-order valence-corrected chi connectivity index (χ3v) is 9.16. The van der Waals surface area contributed by atoms with Gasteiger partial charge in [0.15, 0.2) is 23.1 Å². The average molecular weight is 643 g/mol. The number of para-hydroxylation sites is 1. The Bertz CT molecular complexity index is 2860. The minimum absolute atomic E-state index is 0.548. The van der Waals surface area contributed by atoms with Crippen molar-refractivity contribution in [3.8, 4) is 56.7 Å².